The van der Waals surface area contributed by atoms with Gasteiger partial charge in [0.1, 0.15) is 0 Å². The summed E-state index contributed by atoms with van der Waals surface area (Å²) in [6.45, 7) is 2.10. The first kappa shape index (κ1) is 16.8. The zero-order valence-electron chi connectivity index (χ0n) is 12.3. The van der Waals surface area contributed by atoms with E-state index in [2.05, 4.69) is 13.2 Å². The van der Waals surface area contributed by atoms with Crippen LogP contribution >= 0.6 is 24.0 Å². The van der Waals surface area contributed by atoms with Gasteiger partial charge in [-0.2, -0.15) is 11.8 Å². The van der Waals surface area contributed by atoms with Gasteiger partial charge in [-0.05, 0) is 38.2 Å². The van der Waals surface area contributed by atoms with Crippen LogP contribution in [-0.2, 0) is 4.79 Å². The van der Waals surface area contributed by atoms with E-state index in [1.807, 2.05) is 23.7 Å². The highest BCUT2D eigenvalue weighted by atomic mass is 32.2. The van der Waals surface area contributed by atoms with Crippen LogP contribution in [-0.4, -0.2) is 40.9 Å². The highest BCUT2D eigenvalue weighted by Gasteiger charge is 2.44. The molecule has 110 valence electrons. The lowest BCUT2D eigenvalue weighted by Gasteiger charge is -2.39. The molecule has 0 aliphatic heterocycles. The van der Waals surface area contributed by atoms with Gasteiger partial charge >= 0.3 is 0 Å². The van der Waals surface area contributed by atoms with Gasteiger partial charge in [0.25, 0.3) is 0 Å². The molecule has 0 radical (unpaired) electrons. The number of carbonyl (C=O) groups is 1. The Labute approximate surface area is 126 Å². The maximum Gasteiger partial charge on any atom is 0.235 e. The standard InChI is InChI=1S/C14H26N2OS2/c1-11(7-10-19-3)16(2)13(17)14(12(15)18)8-5-4-6-9-14/h11H,4-10H2,1-3H3,(H2,15,18). The summed E-state index contributed by atoms with van der Waals surface area (Å²) < 4.78 is 0. The minimum absolute atomic E-state index is 0.133. The van der Waals surface area contributed by atoms with Crippen LogP contribution in [0, 0.1) is 5.41 Å². The second-order valence-corrected chi connectivity index (χ2v) is 6.98. The summed E-state index contributed by atoms with van der Waals surface area (Å²) in [4.78, 5) is 15.1. The predicted octanol–water partition coefficient (Wildman–Crippen LogP) is 2.82. The number of nitrogens with two attached hydrogens (primary N) is 1. The van der Waals surface area contributed by atoms with Crippen molar-refractivity contribution in [3.05, 3.63) is 0 Å². The van der Waals surface area contributed by atoms with Crippen LogP contribution in [0.3, 0.4) is 0 Å². The molecule has 1 unspecified atom stereocenters. The van der Waals surface area contributed by atoms with Crippen LogP contribution in [0.5, 0.6) is 0 Å². The van der Waals surface area contributed by atoms with Gasteiger partial charge in [0, 0.05) is 13.1 Å². The summed E-state index contributed by atoms with van der Waals surface area (Å²) in [6, 6.07) is 0.244. The topological polar surface area (TPSA) is 46.3 Å². The van der Waals surface area contributed by atoms with Gasteiger partial charge in [-0.3, -0.25) is 4.79 Å². The highest BCUT2D eigenvalue weighted by molar-refractivity contribution is 7.98. The van der Waals surface area contributed by atoms with E-state index in [0.29, 0.717) is 4.99 Å². The molecule has 1 fully saturated rings. The maximum absolute atomic E-state index is 12.8. The summed E-state index contributed by atoms with van der Waals surface area (Å²) in [6.07, 6.45) is 8.03. The van der Waals surface area contributed by atoms with Gasteiger partial charge in [-0.25, -0.2) is 0 Å². The minimum atomic E-state index is -0.573. The molecule has 2 N–H and O–H groups in total. The third kappa shape index (κ3) is 3.85. The van der Waals surface area contributed by atoms with E-state index in [1.54, 1.807) is 0 Å². The summed E-state index contributed by atoms with van der Waals surface area (Å²) in [5, 5.41) is 0. The van der Waals surface area contributed by atoms with E-state index in [1.165, 1.54) is 6.42 Å². The third-order valence-corrected chi connectivity index (χ3v) is 5.34. The second kappa shape index (κ2) is 7.48. The highest BCUT2D eigenvalue weighted by Crippen LogP contribution is 2.38. The van der Waals surface area contributed by atoms with Gasteiger partial charge in [0.05, 0.1) is 10.4 Å². The molecule has 1 amide bonds. The number of thioether (sulfide) groups is 1. The van der Waals surface area contributed by atoms with Gasteiger partial charge in [-0.15, -0.1) is 0 Å². The van der Waals surface area contributed by atoms with Crippen LogP contribution in [0.2, 0.25) is 0 Å². The number of hydrogen-bond donors (Lipinski definition) is 1. The number of carbonyl (C=O) groups excluding carboxylic acids is 1. The van der Waals surface area contributed by atoms with Crippen LogP contribution in [0.1, 0.15) is 45.4 Å². The minimum Gasteiger partial charge on any atom is -0.392 e. The van der Waals surface area contributed by atoms with Gasteiger partial charge < -0.3 is 10.6 Å². The monoisotopic (exact) mass is 302 g/mol. The predicted molar refractivity (Wildman–Crippen MR) is 87.5 cm³/mol. The molecule has 3 nitrogen and oxygen atoms in total. The molecule has 1 atom stereocenters. The molecule has 0 bridgehead atoms. The lowest BCUT2D eigenvalue weighted by Crippen LogP contribution is -2.52. The molecule has 0 aromatic rings. The summed E-state index contributed by atoms with van der Waals surface area (Å²) >= 11 is 7.03. The molecule has 1 saturated carbocycles. The van der Waals surface area contributed by atoms with E-state index >= 15 is 0 Å². The van der Waals surface area contributed by atoms with Crippen LogP contribution in [0.25, 0.3) is 0 Å². The molecule has 0 aromatic heterocycles. The molecular weight excluding hydrogens is 276 g/mol. The van der Waals surface area contributed by atoms with Crippen molar-refractivity contribution in [2.45, 2.75) is 51.5 Å². The van der Waals surface area contributed by atoms with E-state index < -0.39 is 5.41 Å². The number of hydrogen-bond acceptors (Lipinski definition) is 3. The molecule has 1 aliphatic carbocycles. The van der Waals surface area contributed by atoms with Gasteiger partial charge in [0.2, 0.25) is 5.91 Å². The quantitative estimate of drug-likeness (QED) is 0.766. The van der Waals surface area contributed by atoms with Crippen molar-refractivity contribution in [2.24, 2.45) is 11.1 Å². The Morgan fingerprint density at radius 2 is 2.00 bits per heavy atom. The molecule has 0 spiro atoms. The first-order valence-electron chi connectivity index (χ1n) is 7.02. The van der Waals surface area contributed by atoms with E-state index in [9.17, 15) is 4.79 Å². The Hall–Kier alpha value is -0.290. The van der Waals surface area contributed by atoms with Crippen molar-refractivity contribution in [3.63, 3.8) is 0 Å². The van der Waals surface area contributed by atoms with Crippen molar-refractivity contribution >= 4 is 34.9 Å². The average Bonchev–Trinajstić information content (AvgIpc) is 2.43. The zero-order valence-corrected chi connectivity index (χ0v) is 13.9. The largest absolute Gasteiger partial charge is 0.392 e. The number of thiocarbonyl (C=S) groups is 1. The molecule has 5 heteroatoms. The fourth-order valence-electron chi connectivity index (χ4n) is 2.74. The normalized spacial score (nSPS) is 19.7. The lowest BCUT2D eigenvalue weighted by atomic mass is 9.72. The van der Waals surface area contributed by atoms with Crippen LogP contribution < -0.4 is 5.73 Å². The molecule has 1 aliphatic rings. The Morgan fingerprint density at radius 1 is 1.42 bits per heavy atom. The number of amides is 1. The Morgan fingerprint density at radius 3 is 2.47 bits per heavy atom. The molecule has 0 aromatic carbocycles. The maximum atomic E-state index is 12.8. The van der Waals surface area contributed by atoms with Crippen molar-refractivity contribution in [1.29, 1.82) is 0 Å². The van der Waals surface area contributed by atoms with Crippen molar-refractivity contribution in [2.75, 3.05) is 19.1 Å². The Kier molecular flexibility index (Phi) is 6.60. The Balaban J connectivity index is 2.79. The van der Waals surface area contributed by atoms with E-state index in [0.717, 1.165) is 37.9 Å². The number of nitrogens with zero attached hydrogens (tertiary/aromatic N) is 1. The molecule has 1 rings (SSSR count). The summed E-state index contributed by atoms with van der Waals surface area (Å²) in [7, 11) is 1.89. The Bertz CT molecular complexity index is 327. The van der Waals surface area contributed by atoms with Crippen LogP contribution in [0.15, 0.2) is 0 Å². The third-order valence-electron chi connectivity index (χ3n) is 4.31. The smallest absolute Gasteiger partial charge is 0.235 e. The average molecular weight is 303 g/mol. The fourth-order valence-corrected chi connectivity index (χ4v) is 3.61. The first-order chi connectivity index (χ1) is 8.95. The van der Waals surface area contributed by atoms with Crippen molar-refractivity contribution in [3.8, 4) is 0 Å². The summed E-state index contributed by atoms with van der Waals surface area (Å²) in [5.74, 6) is 1.20. The molecule has 0 saturated heterocycles. The fraction of sp³-hybridized carbons (Fsp3) is 0.857. The SMILES string of the molecule is CSCCC(C)N(C)C(=O)C1(C(N)=S)CCCCC1. The number of rotatable bonds is 6. The second-order valence-electron chi connectivity index (χ2n) is 5.55. The molecular formula is C14H26N2OS2. The first-order valence-corrected chi connectivity index (χ1v) is 8.82. The molecule has 19 heavy (non-hydrogen) atoms. The summed E-state index contributed by atoms with van der Waals surface area (Å²) in [5.41, 5.74) is 5.35. The van der Waals surface area contributed by atoms with Gasteiger partial charge in [-0.1, -0.05) is 31.5 Å². The lowest BCUT2D eigenvalue weighted by molar-refractivity contribution is -0.140. The van der Waals surface area contributed by atoms with Crippen molar-refractivity contribution < 1.29 is 4.79 Å². The van der Waals surface area contributed by atoms with E-state index in [-0.39, 0.29) is 11.9 Å². The van der Waals surface area contributed by atoms with Crippen molar-refractivity contribution in [1.82, 2.24) is 4.90 Å². The van der Waals surface area contributed by atoms with E-state index in [4.69, 9.17) is 18.0 Å². The molecule has 0 heterocycles. The zero-order chi connectivity index (χ0) is 14.5. The van der Waals surface area contributed by atoms with Crippen LogP contribution in [0.4, 0.5) is 0 Å². The van der Waals surface area contributed by atoms with Gasteiger partial charge in [0.15, 0.2) is 0 Å².